The lowest BCUT2D eigenvalue weighted by molar-refractivity contribution is -0.154. The number of aliphatic carboxylic acids is 2. The highest BCUT2D eigenvalue weighted by Gasteiger charge is 2.32. The Hall–Kier alpha value is -2.16. The van der Waals surface area contributed by atoms with Crippen molar-refractivity contribution < 1.29 is 29.7 Å². The van der Waals surface area contributed by atoms with Gasteiger partial charge in [0, 0.05) is 6.54 Å². The third kappa shape index (κ3) is 6.99. The van der Waals surface area contributed by atoms with Gasteiger partial charge in [-0.2, -0.15) is 0 Å². The van der Waals surface area contributed by atoms with E-state index in [1.54, 1.807) is 0 Å². The third-order valence-electron chi connectivity index (χ3n) is 2.28. The minimum absolute atomic E-state index is 0.0426. The van der Waals surface area contributed by atoms with Gasteiger partial charge in [0.05, 0.1) is 6.42 Å². The lowest BCUT2D eigenvalue weighted by atomic mass is 9.94. The normalized spacial score (nSPS) is 13.3. The van der Waals surface area contributed by atoms with E-state index in [4.69, 9.17) is 21.7 Å². The number of aliphatic hydroxyl groups is 1. The first-order valence-corrected chi connectivity index (χ1v) is 5.47. The molecule has 0 aromatic rings. The summed E-state index contributed by atoms with van der Waals surface area (Å²) >= 11 is 0. The van der Waals surface area contributed by atoms with Crippen molar-refractivity contribution in [3.8, 4) is 0 Å². The van der Waals surface area contributed by atoms with Crippen LogP contribution in [0.25, 0.3) is 0 Å². The van der Waals surface area contributed by atoms with Crippen LogP contribution in [0.5, 0.6) is 0 Å². The van der Waals surface area contributed by atoms with E-state index in [9.17, 15) is 19.5 Å². The van der Waals surface area contributed by atoms with Gasteiger partial charge in [0.15, 0.2) is 11.7 Å². The molecule has 0 radical (unpaired) electrons. The molecule has 2 atom stereocenters. The number of carboxylic acids is 2. The topological polar surface area (TPSA) is 176 Å². The van der Waals surface area contributed by atoms with Crippen molar-refractivity contribution in [1.29, 1.82) is 0 Å². The van der Waals surface area contributed by atoms with E-state index in [-0.39, 0.29) is 25.3 Å². The van der Waals surface area contributed by atoms with E-state index in [1.165, 1.54) is 0 Å². The first kappa shape index (κ1) is 16.8. The summed E-state index contributed by atoms with van der Waals surface area (Å²) in [5.74, 6) is -5.91. The molecule has 0 bridgehead atoms. The molecule has 0 heterocycles. The number of nitrogens with zero attached hydrogens (tertiary/aromatic N) is 1. The Bertz CT molecular complexity index is 377. The summed E-state index contributed by atoms with van der Waals surface area (Å²) in [5, 5.41) is 26.7. The van der Waals surface area contributed by atoms with E-state index < -0.39 is 36.2 Å². The molecule has 9 nitrogen and oxygen atoms in total. The highest BCUT2D eigenvalue weighted by Crippen LogP contribution is 2.11. The number of aliphatic hydroxyl groups excluding tert-OH is 1. The van der Waals surface area contributed by atoms with E-state index >= 15 is 0 Å². The predicted octanol–water partition coefficient (Wildman–Crippen LogP) is -1.85. The summed E-state index contributed by atoms with van der Waals surface area (Å²) in [6.45, 7) is 0.184. The fraction of sp³-hybridized carbons (Fsp3) is 0.600. The van der Waals surface area contributed by atoms with E-state index in [2.05, 4.69) is 4.99 Å². The van der Waals surface area contributed by atoms with E-state index in [0.717, 1.165) is 0 Å². The quantitative estimate of drug-likeness (QED) is 0.141. The second-order valence-corrected chi connectivity index (χ2v) is 3.86. The Morgan fingerprint density at radius 2 is 1.74 bits per heavy atom. The molecule has 0 amide bonds. The number of ketones is 1. The summed E-state index contributed by atoms with van der Waals surface area (Å²) in [7, 11) is 0. The van der Waals surface area contributed by atoms with Crippen molar-refractivity contribution in [3.63, 3.8) is 0 Å². The summed E-state index contributed by atoms with van der Waals surface area (Å²) in [4.78, 5) is 36.4. The summed E-state index contributed by atoms with van der Waals surface area (Å²) < 4.78 is 0. The number of aliphatic imine (C=N–C) groups is 1. The molecular weight excluding hydrogens is 258 g/mol. The molecular formula is C10H17N3O6. The highest BCUT2D eigenvalue weighted by molar-refractivity contribution is 6.02. The number of nitrogens with two attached hydrogens (primary N) is 2. The maximum atomic E-state index is 11.6. The van der Waals surface area contributed by atoms with Crippen molar-refractivity contribution in [2.75, 3.05) is 6.54 Å². The molecule has 19 heavy (non-hydrogen) atoms. The van der Waals surface area contributed by atoms with Crippen LogP contribution >= 0.6 is 0 Å². The molecule has 2 unspecified atom stereocenters. The van der Waals surface area contributed by atoms with Gasteiger partial charge in [0.25, 0.3) is 0 Å². The van der Waals surface area contributed by atoms with Gasteiger partial charge < -0.3 is 26.8 Å². The molecule has 0 aromatic carbocycles. The molecule has 0 aliphatic rings. The summed E-state index contributed by atoms with van der Waals surface area (Å²) in [5.41, 5.74) is 10.1. The molecule has 7 N–H and O–H groups in total. The minimum atomic E-state index is -1.75. The Labute approximate surface area is 108 Å². The SMILES string of the molecule is NC(N)=NCCCC(O)C(=O)C(CC(=O)O)C(=O)O. The first-order chi connectivity index (χ1) is 8.75. The number of carbonyl (C=O) groups excluding carboxylic acids is 1. The fourth-order valence-corrected chi connectivity index (χ4v) is 1.35. The predicted molar refractivity (Wildman–Crippen MR) is 64.3 cm³/mol. The number of hydrogen-bond acceptors (Lipinski definition) is 5. The summed E-state index contributed by atoms with van der Waals surface area (Å²) in [6, 6.07) is 0. The molecule has 0 saturated heterocycles. The maximum Gasteiger partial charge on any atom is 0.314 e. The van der Waals surface area contributed by atoms with Gasteiger partial charge in [-0.25, -0.2) is 0 Å². The van der Waals surface area contributed by atoms with Crippen LogP contribution < -0.4 is 11.5 Å². The fourth-order valence-electron chi connectivity index (χ4n) is 1.35. The number of rotatable bonds is 9. The maximum absolute atomic E-state index is 11.6. The van der Waals surface area contributed by atoms with Crippen LogP contribution in [0.15, 0.2) is 4.99 Å². The van der Waals surface area contributed by atoms with Crippen LogP contribution in [0.1, 0.15) is 19.3 Å². The average Bonchev–Trinajstić information content (AvgIpc) is 2.29. The minimum Gasteiger partial charge on any atom is -0.481 e. The van der Waals surface area contributed by atoms with E-state index in [0.29, 0.717) is 0 Å². The highest BCUT2D eigenvalue weighted by atomic mass is 16.4. The number of guanidine groups is 1. The van der Waals surface area contributed by atoms with Crippen LogP contribution in [-0.2, 0) is 14.4 Å². The zero-order valence-corrected chi connectivity index (χ0v) is 10.2. The van der Waals surface area contributed by atoms with Gasteiger partial charge in [-0.05, 0) is 12.8 Å². The summed E-state index contributed by atoms with van der Waals surface area (Å²) in [6.07, 6.45) is -2.18. The monoisotopic (exact) mass is 275 g/mol. The van der Waals surface area contributed by atoms with E-state index in [1.807, 2.05) is 0 Å². The molecule has 0 aromatic heterocycles. The first-order valence-electron chi connectivity index (χ1n) is 5.47. The Balaban J connectivity index is 4.39. The lowest BCUT2D eigenvalue weighted by Crippen LogP contribution is -2.35. The smallest absolute Gasteiger partial charge is 0.314 e. The standard InChI is InChI=1S/C10H17N3O6/c11-10(12)13-3-1-2-6(14)8(17)5(9(18)19)4-7(15)16/h5-6,14H,1-4H2,(H,15,16)(H,18,19)(H4,11,12,13). The molecule has 108 valence electrons. The zero-order chi connectivity index (χ0) is 15.0. The number of hydrogen-bond donors (Lipinski definition) is 5. The molecule has 0 saturated carbocycles. The van der Waals surface area contributed by atoms with Gasteiger partial charge in [-0.1, -0.05) is 0 Å². The zero-order valence-electron chi connectivity index (χ0n) is 10.2. The molecule has 0 rings (SSSR count). The largest absolute Gasteiger partial charge is 0.481 e. The number of Topliss-reactive ketones (excluding diaryl/α,β-unsaturated/α-hetero) is 1. The van der Waals surface area contributed by atoms with Crippen molar-refractivity contribution in [2.24, 2.45) is 22.4 Å². The molecule has 0 spiro atoms. The van der Waals surface area contributed by atoms with Crippen molar-refractivity contribution in [3.05, 3.63) is 0 Å². The number of carbonyl (C=O) groups is 3. The van der Waals surface area contributed by atoms with Crippen molar-refractivity contribution >= 4 is 23.7 Å². The lowest BCUT2D eigenvalue weighted by Gasteiger charge is -2.13. The van der Waals surface area contributed by atoms with Crippen LogP contribution in [0.2, 0.25) is 0 Å². The van der Waals surface area contributed by atoms with Crippen LogP contribution in [0.3, 0.4) is 0 Å². The third-order valence-corrected chi connectivity index (χ3v) is 2.28. The van der Waals surface area contributed by atoms with Crippen molar-refractivity contribution in [1.82, 2.24) is 0 Å². The van der Waals surface area contributed by atoms with Gasteiger partial charge in [-0.3, -0.25) is 19.4 Å². The second-order valence-electron chi connectivity index (χ2n) is 3.86. The van der Waals surface area contributed by atoms with Crippen LogP contribution in [0.4, 0.5) is 0 Å². The van der Waals surface area contributed by atoms with Crippen molar-refractivity contribution in [2.45, 2.75) is 25.4 Å². The number of carboxylic acid groups (broad SMARTS) is 2. The van der Waals surface area contributed by atoms with Gasteiger partial charge >= 0.3 is 11.9 Å². The van der Waals surface area contributed by atoms with Gasteiger partial charge in [0.1, 0.15) is 12.0 Å². The van der Waals surface area contributed by atoms with Gasteiger partial charge in [0.2, 0.25) is 0 Å². The molecule has 0 fully saturated rings. The second kappa shape index (κ2) is 8.03. The molecule has 9 heteroatoms. The Morgan fingerprint density at radius 1 is 1.16 bits per heavy atom. The Morgan fingerprint density at radius 3 is 2.16 bits per heavy atom. The average molecular weight is 275 g/mol. The van der Waals surface area contributed by atoms with Crippen LogP contribution in [0, 0.1) is 5.92 Å². The Kier molecular flexibility index (Phi) is 7.12. The molecule has 0 aliphatic carbocycles. The molecule has 0 aliphatic heterocycles. The van der Waals surface area contributed by atoms with Gasteiger partial charge in [-0.15, -0.1) is 0 Å². The van der Waals surface area contributed by atoms with Crippen LogP contribution in [-0.4, -0.2) is 51.6 Å².